The number of aromatic nitrogens is 3. The van der Waals surface area contributed by atoms with Crippen molar-refractivity contribution in [1.82, 2.24) is 35.8 Å². The highest BCUT2D eigenvalue weighted by molar-refractivity contribution is 7.09. The molecule has 3 aromatic heterocycles. The summed E-state index contributed by atoms with van der Waals surface area (Å²) in [6, 6.07) is -1.76. The van der Waals surface area contributed by atoms with E-state index in [0.29, 0.717) is 35.4 Å². The number of nitrogens with zero attached hydrogens (tertiary/aromatic N) is 3. The van der Waals surface area contributed by atoms with Gasteiger partial charge in [-0.05, 0) is 51.0 Å². The lowest BCUT2D eigenvalue weighted by atomic mass is 9.93. The first-order valence-electron chi connectivity index (χ1n) is 15.6. The normalized spacial score (nSPS) is 21.4. The van der Waals surface area contributed by atoms with Gasteiger partial charge in [-0.15, -0.1) is 11.3 Å². The van der Waals surface area contributed by atoms with Crippen molar-refractivity contribution >= 4 is 40.7 Å². The second-order valence-corrected chi connectivity index (χ2v) is 13.7. The fourth-order valence-corrected chi connectivity index (χ4v) is 6.98. The van der Waals surface area contributed by atoms with Crippen LogP contribution in [0.5, 0.6) is 0 Å². The van der Waals surface area contributed by atoms with Crippen LogP contribution >= 0.6 is 11.3 Å². The van der Waals surface area contributed by atoms with E-state index < -0.39 is 41.8 Å². The molecule has 0 fully saturated rings. The van der Waals surface area contributed by atoms with E-state index in [2.05, 4.69) is 30.9 Å². The van der Waals surface area contributed by atoms with Crippen molar-refractivity contribution in [1.29, 1.82) is 0 Å². The third kappa shape index (κ3) is 6.62. The molecule has 4 bridgehead atoms. The highest BCUT2D eigenvalue weighted by Crippen LogP contribution is 2.29. The molecular formula is C32H41N7O6S. The molecule has 3 atom stereocenters. The SMILES string of the molecule is Cc1oc2nc1C(=O)N[C@H](C)CN(C(=O)c1[nH]c3c(c1C)C(=O)CCC3)CC(=O)N[C@@H](C(C)C)c1nc(cs1)C(=O)N[C@@H]2C(C)C. The van der Waals surface area contributed by atoms with Gasteiger partial charge >= 0.3 is 0 Å². The molecule has 246 valence electrons. The molecule has 2 aliphatic rings. The number of carbonyl (C=O) groups is 5. The summed E-state index contributed by atoms with van der Waals surface area (Å²) in [6.45, 7) is 12.4. The van der Waals surface area contributed by atoms with Gasteiger partial charge < -0.3 is 30.3 Å². The number of Topliss-reactive ketones (excluding diaryl/α,β-unsaturated/α-hetero) is 1. The molecule has 4 heterocycles. The van der Waals surface area contributed by atoms with Gasteiger partial charge in [0.1, 0.15) is 28.2 Å². The van der Waals surface area contributed by atoms with Crippen LogP contribution in [0.4, 0.5) is 0 Å². The number of nitrogens with one attached hydrogen (secondary N) is 4. The van der Waals surface area contributed by atoms with Crippen molar-refractivity contribution in [3.63, 3.8) is 0 Å². The first-order valence-corrected chi connectivity index (χ1v) is 16.5. The molecule has 0 saturated carbocycles. The number of oxazole rings is 1. The van der Waals surface area contributed by atoms with Crippen molar-refractivity contribution in [2.45, 2.75) is 85.9 Å². The van der Waals surface area contributed by atoms with Crippen molar-refractivity contribution in [2.75, 3.05) is 13.1 Å². The van der Waals surface area contributed by atoms with Crippen LogP contribution in [0.15, 0.2) is 9.80 Å². The van der Waals surface area contributed by atoms with E-state index in [1.165, 1.54) is 16.2 Å². The Morgan fingerprint density at radius 2 is 1.70 bits per heavy atom. The number of thiazole rings is 1. The van der Waals surface area contributed by atoms with Crippen LogP contribution in [0.1, 0.15) is 129 Å². The van der Waals surface area contributed by atoms with Crippen LogP contribution in [0.2, 0.25) is 0 Å². The zero-order valence-electron chi connectivity index (χ0n) is 27.2. The molecule has 46 heavy (non-hydrogen) atoms. The highest BCUT2D eigenvalue weighted by atomic mass is 32.1. The summed E-state index contributed by atoms with van der Waals surface area (Å²) < 4.78 is 5.88. The van der Waals surface area contributed by atoms with E-state index >= 15 is 0 Å². The maximum Gasteiger partial charge on any atom is 0.273 e. The molecule has 14 heteroatoms. The van der Waals surface area contributed by atoms with Gasteiger partial charge in [-0.3, -0.25) is 24.0 Å². The summed E-state index contributed by atoms with van der Waals surface area (Å²) >= 11 is 1.26. The van der Waals surface area contributed by atoms with E-state index in [-0.39, 0.29) is 59.4 Å². The Morgan fingerprint density at radius 3 is 2.37 bits per heavy atom. The second-order valence-electron chi connectivity index (χ2n) is 12.8. The van der Waals surface area contributed by atoms with Crippen molar-refractivity contribution in [3.8, 4) is 0 Å². The molecule has 1 aliphatic heterocycles. The molecular weight excluding hydrogens is 610 g/mol. The number of H-pyrrole nitrogens is 1. The average molecular weight is 652 g/mol. The Bertz CT molecular complexity index is 1680. The van der Waals surface area contributed by atoms with Crippen LogP contribution in [-0.4, -0.2) is 68.4 Å². The van der Waals surface area contributed by atoms with E-state index in [9.17, 15) is 24.0 Å². The number of hydrogen-bond acceptors (Lipinski definition) is 9. The third-order valence-electron chi connectivity index (χ3n) is 8.40. The van der Waals surface area contributed by atoms with Crippen molar-refractivity contribution < 1.29 is 28.4 Å². The summed E-state index contributed by atoms with van der Waals surface area (Å²) in [6.07, 6.45) is 1.78. The molecule has 5 rings (SSSR count). The van der Waals surface area contributed by atoms with Gasteiger partial charge in [0.2, 0.25) is 11.8 Å². The van der Waals surface area contributed by atoms with Gasteiger partial charge in [0, 0.05) is 35.6 Å². The van der Waals surface area contributed by atoms with Crippen LogP contribution in [0.25, 0.3) is 0 Å². The maximum atomic E-state index is 14.1. The minimum atomic E-state index is -0.635. The second kappa shape index (κ2) is 13.2. The number of fused-ring (bicyclic) bond motifs is 5. The predicted octanol–water partition coefficient (Wildman–Crippen LogP) is 3.81. The number of hydrogen-bond donors (Lipinski definition) is 4. The number of rotatable bonds is 3. The lowest BCUT2D eigenvalue weighted by Crippen LogP contribution is -2.49. The van der Waals surface area contributed by atoms with Gasteiger partial charge in [-0.25, -0.2) is 9.97 Å². The largest absolute Gasteiger partial charge is 0.443 e. The van der Waals surface area contributed by atoms with Gasteiger partial charge in [0.25, 0.3) is 17.7 Å². The summed E-state index contributed by atoms with van der Waals surface area (Å²) in [5.74, 6) is -1.60. The topological polar surface area (TPSA) is 179 Å². The zero-order chi connectivity index (χ0) is 33.4. The quantitative estimate of drug-likeness (QED) is 0.330. The summed E-state index contributed by atoms with van der Waals surface area (Å²) in [5, 5.41) is 11.0. The smallest absolute Gasteiger partial charge is 0.273 e. The number of aromatic amines is 1. The number of aryl methyl sites for hydroxylation is 2. The zero-order valence-corrected chi connectivity index (χ0v) is 28.0. The Kier molecular flexibility index (Phi) is 9.47. The predicted molar refractivity (Wildman–Crippen MR) is 170 cm³/mol. The maximum absolute atomic E-state index is 14.1. The first-order chi connectivity index (χ1) is 21.7. The minimum absolute atomic E-state index is 0.00273. The Labute approximate surface area is 271 Å². The lowest BCUT2D eigenvalue weighted by Gasteiger charge is -2.27. The molecule has 13 nitrogen and oxygen atoms in total. The number of carbonyl (C=O) groups excluding carboxylic acids is 5. The van der Waals surface area contributed by atoms with Crippen LogP contribution in [0.3, 0.4) is 0 Å². The summed E-state index contributed by atoms with van der Waals surface area (Å²) in [5.41, 5.74) is 2.31. The molecule has 0 radical (unpaired) electrons. The summed E-state index contributed by atoms with van der Waals surface area (Å²) in [7, 11) is 0. The standard InChI is InChI=1S/C32H41N7O6S/c1-14(2)24-30-38-27(18(7)45-30)29(43)33-16(5)11-39(32(44)26-17(6)23-19(34-26)9-8-10-21(23)40)12-22(41)36-25(15(3)4)31-35-20(13-46-31)28(42)37-24/h13-16,24-25,34H,8-12H2,1-7H3,(H,33,43)(H,36,41)(H,37,42)/t16-,24-,25+/m1/s1. The molecule has 0 saturated heterocycles. The molecule has 3 aromatic rings. The van der Waals surface area contributed by atoms with Crippen molar-refractivity contribution in [3.05, 3.63) is 55.9 Å². The van der Waals surface area contributed by atoms with E-state index in [1.54, 1.807) is 26.2 Å². The van der Waals surface area contributed by atoms with E-state index in [1.807, 2.05) is 27.7 Å². The van der Waals surface area contributed by atoms with Gasteiger partial charge in [0.05, 0.1) is 12.6 Å². The van der Waals surface area contributed by atoms with Crippen LogP contribution in [-0.2, 0) is 11.2 Å². The third-order valence-corrected chi connectivity index (χ3v) is 9.32. The van der Waals surface area contributed by atoms with E-state index in [4.69, 9.17) is 4.42 Å². The lowest BCUT2D eigenvalue weighted by molar-refractivity contribution is -0.122. The number of ketones is 1. The van der Waals surface area contributed by atoms with Gasteiger partial charge in [0.15, 0.2) is 11.5 Å². The minimum Gasteiger partial charge on any atom is -0.443 e. The Balaban J connectivity index is 1.53. The van der Waals surface area contributed by atoms with Crippen LogP contribution in [0, 0.1) is 25.7 Å². The Morgan fingerprint density at radius 1 is 0.978 bits per heavy atom. The molecule has 0 unspecified atom stereocenters. The molecule has 0 aromatic carbocycles. The van der Waals surface area contributed by atoms with Crippen LogP contribution < -0.4 is 16.0 Å². The molecule has 1 aliphatic carbocycles. The van der Waals surface area contributed by atoms with Crippen molar-refractivity contribution in [2.24, 2.45) is 11.8 Å². The monoisotopic (exact) mass is 651 g/mol. The fourth-order valence-electron chi connectivity index (χ4n) is 5.96. The first kappa shape index (κ1) is 33.0. The molecule has 4 amide bonds. The summed E-state index contributed by atoms with van der Waals surface area (Å²) in [4.78, 5) is 80.5. The molecule has 4 N–H and O–H groups in total. The fraction of sp³-hybridized carbons (Fsp3) is 0.531. The number of amides is 4. The van der Waals surface area contributed by atoms with E-state index in [0.717, 1.165) is 5.69 Å². The molecule has 0 spiro atoms. The highest BCUT2D eigenvalue weighted by Gasteiger charge is 2.33. The Hall–Kier alpha value is -4.33. The van der Waals surface area contributed by atoms with Gasteiger partial charge in [-0.1, -0.05) is 27.7 Å². The average Bonchev–Trinajstić information content (AvgIpc) is 3.71. The van der Waals surface area contributed by atoms with Gasteiger partial charge in [-0.2, -0.15) is 0 Å².